The van der Waals surface area contributed by atoms with Crippen molar-refractivity contribution in [2.45, 2.75) is 39.2 Å². The summed E-state index contributed by atoms with van der Waals surface area (Å²) in [5.41, 5.74) is 3.89. The van der Waals surface area contributed by atoms with Gasteiger partial charge in [0.2, 0.25) is 0 Å². The van der Waals surface area contributed by atoms with E-state index in [1.54, 1.807) is 12.3 Å². The lowest BCUT2D eigenvalue weighted by molar-refractivity contribution is -0.148. The van der Waals surface area contributed by atoms with E-state index in [-0.39, 0.29) is 30.1 Å². The van der Waals surface area contributed by atoms with Crippen LogP contribution in [0.4, 0.5) is 8.78 Å². The third kappa shape index (κ3) is 5.17. The highest BCUT2D eigenvalue weighted by Gasteiger charge is 2.23. The third-order valence-electron chi connectivity index (χ3n) is 7.15. The molecule has 5 aromatic rings. The summed E-state index contributed by atoms with van der Waals surface area (Å²) in [5.74, 6) is -1.76. The van der Waals surface area contributed by atoms with Crippen molar-refractivity contribution in [3.8, 4) is 11.3 Å². The molecule has 3 aromatic carbocycles. The van der Waals surface area contributed by atoms with Crippen LogP contribution in [0.2, 0.25) is 0 Å². The molecule has 6 heteroatoms. The number of nitrogens with zero attached hydrogens (tertiary/aromatic N) is 2. The van der Waals surface area contributed by atoms with E-state index in [1.165, 1.54) is 33.9 Å². The minimum Gasteiger partial charge on any atom is -0.465 e. The highest BCUT2D eigenvalue weighted by Crippen LogP contribution is 2.35. The van der Waals surface area contributed by atoms with E-state index in [1.807, 2.05) is 13.0 Å². The number of pyridine rings is 1. The lowest BCUT2D eigenvalue weighted by Crippen LogP contribution is -2.21. The van der Waals surface area contributed by atoms with Crippen LogP contribution in [0.25, 0.3) is 33.1 Å². The highest BCUT2D eigenvalue weighted by molar-refractivity contribution is 6.08. The fourth-order valence-electron chi connectivity index (χ4n) is 5.15. The van der Waals surface area contributed by atoms with Gasteiger partial charge in [0.15, 0.2) is 0 Å². The summed E-state index contributed by atoms with van der Waals surface area (Å²) < 4.78 is 35.2. The number of hydrogen-bond acceptors (Lipinski definition) is 3. The molecule has 0 saturated carbocycles. The summed E-state index contributed by atoms with van der Waals surface area (Å²) in [7, 11) is 0. The maximum absolute atomic E-state index is 14.0. The van der Waals surface area contributed by atoms with Gasteiger partial charge in [-0.2, -0.15) is 0 Å². The van der Waals surface area contributed by atoms with E-state index in [0.29, 0.717) is 18.5 Å². The molecule has 4 nitrogen and oxygen atoms in total. The van der Waals surface area contributed by atoms with Crippen molar-refractivity contribution in [1.82, 2.24) is 9.55 Å². The first-order valence-electron chi connectivity index (χ1n) is 13.0. The number of fused-ring (bicyclic) bond motifs is 3. The standard InChI is InChI=1S/C32H30F2N2O2/c1-3-24(36-30-10-6-4-8-25(30)26-9-5-7-11-31(26)36)18-21(2)32(37)38-17-16-22-12-15-29(35-20-22)27-14-13-23(33)19-28(27)34/h4-15,19-21,24H,3,16-18H2,1-2H3. The summed E-state index contributed by atoms with van der Waals surface area (Å²) >= 11 is 0. The topological polar surface area (TPSA) is 44.1 Å². The Kier molecular flexibility index (Phi) is 7.50. The molecule has 0 aliphatic rings. The van der Waals surface area contributed by atoms with Crippen molar-refractivity contribution in [3.63, 3.8) is 0 Å². The quantitative estimate of drug-likeness (QED) is 0.189. The molecule has 0 spiro atoms. The zero-order chi connectivity index (χ0) is 26.6. The Bertz CT molecular complexity index is 1520. The van der Waals surface area contributed by atoms with Gasteiger partial charge in [-0.15, -0.1) is 0 Å². The number of ether oxygens (including phenoxy) is 1. The summed E-state index contributed by atoms with van der Waals surface area (Å²) in [6.45, 7) is 4.31. The van der Waals surface area contributed by atoms with Crippen molar-refractivity contribution < 1.29 is 18.3 Å². The molecule has 0 bridgehead atoms. The normalized spacial score (nSPS) is 13.1. The first kappa shape index (κ1) is 25.6. The Morgan fingerprint density at radius 3 is 2.24 bits per heavy atom. The Morgan fingerprint density at radius 2 is 1.63 bits per heavy atom. The van der Waals surface area contributed by atoms with E-state index in [0.717, 1.165) is 18.1 Å². The van der Waals surface area contributed by atoms with E-state index in [2.05, 4.69) is 65.0 Å². The predicted octanol–water partition coefficient (Wildman–Crippen LogP) is 7.90. The molecule has 2 aromatic heterocycles. The lowest BCUT2D eigenvalue weighted by atomic mass is 9.99. The minimum absolute atomic E-state index is 0.158. The van der Waals surface area contributed by atoms with Crippen LogP contribution in [0.1, 0.15) is 38.3 Å². The van der Waals surface area contributed by atoms with Crippen LogP contribution in [-0.4, -0.2) is 22.1 Å². The Morgan fingerprint density at radius 1 is 0.947 bits per heavy atom. The van der Waals surface area contributed by atoms with Gasteiger partial charge in [-0.05, 0) is 48.7 Å². The smallest absolute Gasteiger partial charge is 0.308 e. The average molecular weight is 513 g/mol. The molecular formula is C32H30F2N2O2. The first-order chi connectivity index (χ1) is 18.5. The van der Waals surface area contributed by atoms with Crippen LogP contribution in [0.3, 0.4) is 0 Å². The summed E-state index contributed by atoms with van der Waals surface area (Å²) in [5, 5.41) is 2.44. The van der Waals surface area contributed by atoms with Gasteiger partial charge in [0.25, 0.3) is 0 Å². The monoisotopic (exact) mass is 512 g/mol. The van der Waals surface area contributed by atoms with Gasteiger partial charge < -0.3 is 9.30 Å². The molecule has 2 heterocycles. The van der Waals surface area contributed by atoms with Gasteiger partial charge in [0.05, 0.1) is 18.2 Å². The number of aromatic nitrogens is 2. The van der Waals surface area contributed by atoms with Gasteiger partial charge in [-0.1, -0.05) is 56.3 Å². The lowest BCUT2D eigenvalue weighted by Gasteiger charge is -2.23. The van der Waals surface area contributed by atoms with E-state index >= 15 is 0 Å². The molecule has 0 saturated heterocycles. The number of hydrogen-bond donors (Lipinski definition) is 0. The number of rotatable bonds is 9. The average Bonchev–Trinajstić information content (AvgIpc) is 3.26. The number of para-hydroxylation sites is 2. The molecule has 0 fully saturated rings. The van der Waals surface area contributed by atoms with Crippen LogP contribution < -0.4 is 0 Å². The number of benzene rings is 3. The van der Waals surface area contributed by atoms with Crippen molar-refractivity contribution >= 4 is 27.8 Å². The predicted molar refractivity (Wildman–Crippen MR) is 147 cm³/mol. The van der Waals surface area contributed by atoms with Gasteiger partial charge in [-0.3, -0.25) is 9.78 Å². The second kappa shape index (κ2) is 11.1. The van der Waals surface area contributed by atoms with Crippen LogP contribution in [0.15, 0.2) is 85.1 Å². The second-order valence-electron chi connectivity index (χ2n) is 9.70. The fourth-order valence-corrected chi connectivity index (χ4v) is 5.15. The van der Waals surface area contributed by atoms with Crippen molar-refractivity contribution in [3.05, 3.63) is 102 Å². The number of carbonyl (C=O) groups excluding carboxylic acids is 1. The summed E-state index contributed by atoms with van der Waals surface area (Å²) in [6, 6.07) is 23.9. The van der Waals surface area contributed by atoms with Crippen LogP contribution in [-0.2, 0) is 16.0 Å². The molecular weight excluding hydrogens is 482 g/mol. The fraction of sp³-hybridized carbons (Fsp3) is 0.250. The van der Waals surface area contributed by atoms with Gasteiger partial charge >= 0.3 is 5.97 Å². The number of esters is 1. The van der Waals surface area contributed by atoms with E-state index in [4.69, 9.17) is 4.74 Å². The second-order valence-corrected chi connectivity index (χ2v) is 9.70. The summed E-state index contributed by atoms with van der Waals surface area (Å²) in [6.07, 6.45) is 3.71. The highest BCUT2D eigenvalue weighted by atomic mass is 19.1. The number of carbonyl (C=O) groups is 1. The molecule has 38 heavy (non-hydrogen) atoms. The van der Waals surface area contributed by atoms with Gasteiger partial charge in [-0.25, -0.2) is 8.78 Å². The molecule has 2 unspecified atom stereocenters. The zero-order valence-corrected chi connectivity index (χ0v) is 21.5. The Balaban J connectivity index is 1.21. The maximum Gasteiger partial charge on any atom is 0.308 e. The van der Waals surface area contributed by atoms with Crippen molar-refractivity contribution in [1.29, 1.82) is 0 Å². The largest absolute Gasteiger partial charge is 0.465 e. The molecule has 5 rings (SSSR count). The molecule has 0 amide bonds. The summed E-state index contributed by atoms with van der Waals surface area (Å²) in [4.78, 5) is 17.2. The van der Waals surface area contributed by atoms with Crippen LogP contribution in [0.5, 0.6) is 0 Å². The van der Waals surface area contributed by atoms with Crippen LogP contribution >= 0.6 is 0 Å². The van der Waals surface area contributed by atoms with Gasteiger partial charge in [0.1, 0.15) is 11.6 Å². The molecule has 194 valence electrons. The van der Waals surface area contributed by atoms with Crippen molar-refractivity contribution in [2.24, 2.45) is 5.92 Å². The first-order valence-corrected chi connectivity index (χ1v) is 13.0. The molecule has 0 aliphatic heterocycles. The maximum atomic E-state index is 14.0. The van der Waals surface area contributed by atoms with E-state index in [9.17, 15) is 13.6 Å². The van der Waals surface area contributed by atoms with E-state index < -0.39 is 11.6 Å². The van der Waals surface area contributed by atoms with Gasteiger partial charge in [0, 0.05) is 52.1 Å². The Hall–Kier alpha value is -4.06. The zero-order valence-electron chi connectivity index (χ0n) is 21.5. The number of halogens is 2. The SMILES string of the molecule is CCC(CC(C)C(=O)OCCc1ccc(-c2ccc(F)cc2F)nc1)n1c2ccccc2c2ccccc21. The van der Waals surface area contributed by atoms with Crippen LogP contribution in [0, 0.1) is 17.6 Å². The molecule has 0 N–H and O–H groups in total. The minimum atomic E-state index is -0.653. The molecule has 2 atom stereocenters. The van der Waals surface area contributed by atoms with Crippen molar-refractivity contribution in [2.75, 3.05) is 6.61 Å². The third-order valence-corrected chi connectivity index (χ3v) is 7.15. The molecule has 0 aliphatic carbocycles. The Labute approximate surface area is 220 Å². The molecule has 0 radical (unpaired) electrons.